The van der Waals surface area contributed by atoms with Crippen LogP contribution in [0, 0.1) is 6.92 Å². The SMILES string of the molecule is Cc1cccc(O)c1NC(=O)c1ccon1. The van der Waals surface area contributed by atoms with Gasteiger partial charge in [0.25, 0.3) is 5.91 Å². The average molecular weight is 218 g/mol. The highest BCUT2D eigenvalue weighted by Crippen LogP contribution is 2.26. The predicted octanol–water partition coefficient (Wildman–Crippen LogP) is 1.94. The van der Waals surface area contributed by atoms with Crippen molar-refractivity contribution in [1.29, 1.82) is 0 Å². The Morgan fingerprint density at radius 1 is 1.44 bits per heavy atom. The molecule has 2 rings (SSSR count). The summed E-state index contributed by atoms with van der Waals surface area (Å²) in [6.45, 7) is 1.79. The fourth-order valence-electron chi connectivity index (χ4n) is 1.32. The van der Waals surface area contributed by atoms with Gasteiger partial charge >= 0.3 is 0 Å². The van der Waals surface area contributed by atoms with Crippen LogP contribution in [-0.2, 0) is 0 Å². The standard InChI is InChI=1S/C11H10N2O3/c1-7-3-2-4-9(14)10(7)12-11(15)8-5-6-16-13-8/h2-6,14H,1H3,(H,12,15). The van der Waals surface area contributed by atoms with Gasteiger partial charge in [0, 0.05) is 6.07 Å². The lowest BCUT2D eigenvalue weighted by Crippen LogP contribution is -2.13. The van der Waals surface area contributed by atoms with E-state index in [1.165, 1.54) is 18.4 Å². The molecule has 0 atom stereocenters. The van der Waals surface area contributed by atoms with Crippen LogP contribution in [0.3, 0.4) is 0 Å². The highest BCUT2D eigenvalue weighted by Gasteiger charge is 2.12. The Morgan fingerprint density at radius 3 is 2.88 bits per heavy atom. The quantitative estimate of drug-likeness (QED) is 0.755. The zero-order valence-electron chi connectivity index (χ0n) is 8.60. The molecule has 0 radical (unpaired) electrons. The lowest BCUT2D eigenvalue weighted by Gasteiger charge is -2.08. The molecule has 0 aliphatic carbocycles. The molecule has 0 aliphatic heterocycles. The molecule has 0 saturated heterocycles. The van der Waals surface area contributed by atoms with Crippen molar-refractivity contribution in [2.24, 2.45) is 0 Å². The van der Waals surface area contributed by atoms with Gasteiger partial charge in [-0.25, -0.2) is 0 Å². The van der Waals surface area contributed by atoms with Crippen LogP contribution in [0.2, 0.25) is 0 Å². The summed E-state index contributed by atoms with van der Waals surface area (Å²) in [5.74, 6) is -0.393. The van der Waals surface area contributed by atoms with E-state index >= 15 is 0 Å². The van der Waals surface area contributed by atoms with Gasteiger partial charge in [0.2, 0.25) is 0 Å². The van der Waals surface area contributed by atoms with Crippen LogP contribution in [-0.4, -0.2) is 16.2 Å². The van der Waals surface area contributed by atoms with E-state index in [0.29, 0.717) is 5.69 Å². The van der Waals surface area contributed by atoms with Crippen LogP contribution in [0.5, 0.6) is 5.75 Å². The monoisotopic (exact) mass is 218 g/mol. The molecule has 1 aromatic heterocycles. The normalized spacial score (nSPS) is 10.1. The maximum absolute atomic E-state index is 11.6. The van der Waals surface area contributed by atoms with E-state index in [2.05, 4.69) is 15.0 Å². The minimum Gasteiger partial charge on any atom is -0.506 e. The molecular formula is C11H10N2O3. The molecule has 5 heteroatoms. The van der Waals surface area contributed by atoms with Gasteiger partial charge < -0.3 is 14.9 Å². The molecule has 0 fully saturated rings. The first-order chi connectivity index (χ1) is 7.68. The van der Waals surface area contributed by atoms with Gasteiger partial charge in [0.05, 0.1) is 5.69 Å². The van der Waals surface area contributed by atoms with Gasteiger partial charge in [-0.15, -0.1) is 0 Å². The van der Waals surface area contributed by atoms with Crippen molar-refractivity contribution < 1.29 is 14.4 Å². The van der Waals surface area contributed by atoms with Gasteiger partial charge in [-0.1, -0.05) is 17.3 Å². The third-order valence-electron chi connectivity index (χ3n) is 2.16. The predicted molar refractivity (Wildman–Crippen MR) is 57.3 cm³/mol. The van der Waals surface area contributed by atoms with E-state index in [1.807, 2.05) is 0 Å². The van der Waals surface area contributed by atoms with Gasteiger partial charge in [-0.2, -0.15) is 0 Å². The van der Waals surface area contributed by atoms with Crippen LogP contribution in [0.1, 0.15) is 16.1 Å². The molecular weight excluding hydrogens is 208 g/mol. The first kappa shape index (κ1) is 10.2. The van der Waals surface area contributed by atoms with E-state index in [9.17, 15) is 9.90 Å². The number of para-hydroxylation sites is 1. The first-order valence-corrected chi connectivity index (χ1v) is 4.69. The number of aromatic nitrogens is 1. The van der Waals surface area contributed by atoms with E-state index in [0.717, 1.165) is 5.56 Å². The number of benzene rings is 1. The topological polar surface area (TPSA) is 75.4 Å². The molecule has 1 aromatic carbocycles. The summed E-state index contributed by atoms with van der Waals surface area (Å²) in [6.07, 6.45) is 1.31. The maximum atomic E-state index is 11.6. The number of hydrogen-bond donors (Lipinski definition) is 2. The minimum atomic E-state index is -0.418. The van der Waals surface area contributed by atoms with Crippen molar-refractivity contribution in [3.8, 4) is 5.75 Å². The van der Waals surface area contributed by atoms with Gasteiger partial charge in [0.15, 0.2) is 5.69 Å². The molecule has 2 N–H and O–H groups in total. The van der Waals surface area contributed by atoms with Crippen LogP contribution < -0.4 is 5.32 Å². The summed E-state index contributed by atoms with van der Waals surface area (Å²) in [7, 11) is 0. The molecule has 16 heavy (non-hydrogen) atoms. The summed E-state index contributed by atoms with van der Waals surface area (Å²) >= 11 is 0. The molecule has 5 nitrogen and oxygen atoms in total. The van der Waals surface area contributed by atoms with Crippen LogP contribution in [0.25, 0.3) is 0 Å². The Morgan fingerprint density at radius 2 is 2.25 bits per heavy atom. The van der Waals surface area contributed by atoms with E-state index in [1.54, 1.807) is 19.1 Å². The third-order valence-corrected chi connectivity index (χ3v) is 2.16. The first-order valence-electron chi connectivity index (χ1n) is 4.69. The Balaban J connectivity index is 2.25. The molecule has 0 spiro atoms. The number of aryl methyl sites for hydroxylation is 1. The molecule has 0 unspecified atom stereocenters. The number of phenols is 1. The summed E-state index contributed by atoms with van der Waals surface area (Å²) in [5, 5.41) is 15.7. The molecule has 0 bridgehead atoms. The number of phenolic OH excluding ortho intramolecular Hbond substituents is 1. The molecule has 82 valence electrons. The van der Waals surface area contributed by atoms with E-state index < -0.39 is 5.91 Å². The van der Waals surface area contributed by atoms with Crippen molar-refractivity contribution >= 4 is 11.6 Å². The molecule has 2 aromatic rings. The highest BCUT2D eigenvalue weighted by atomic mass is 16.5. The Hall–Kier alpha value is -2.30. The van der Waals surface area contributed by atoms with Crippen molar-refractivity contribution in [1.82, 2.24) is 5.16 Å². The number of nitrogens with zero attached hydrogens (tertiary/aromatic N) is 1. The zero-order chi connectivity index (χ0) is 11.5. The van der Waals surface area contributed by atoms with E-state index in [-0.39, 0.29) is 11.4 Å². The van der Waals surface area contributed by atoms with Gasteiger partial charge in [0.1, 0.15) is 12.0 Å². The molecule has 1 heterocycles. The summed E-state index contributed by atoms with van der Waals surface area (Å²) in [5.41, 5.74) is 1.33. The van der Waals surface area contributed by atoms with Crippen LogP contribution in [0.4, 0.5) is 5.69 Å². The number of amides is 1. The lowest BCUT2D eigenvalue weighted by atomic mass is 10.2. The maximum Gasteiger partial charge on any atom is 0.277 e. The fourth-order valence-corrected chi connectivity index (χ4v) is 1.32. The van der Waals surface area contributed by atoms with Crippen molar-refractivity contribution in [3.05, 3.63) is 41.8 Å². The second kappa shape index (κ2) is 4.06. The number of carbonyl (C=O) groups excluding carboxylic acids is 1. The molecule has 1 amide bonds. The molecule has 0 saturated carbocycles. The Kier molecular flexibility index (Phi) is 2.59. The number of nitrogens with one attached hydrogen (secondary N) is 1. The zero-order valence-corrected chi connectivity index (χ0v) is 8.60. The number of carbonyl (C=O) groups is 1. The minimum absolute atomic E-state index is 0.0249. The second-order valence-corrected chi connectivity index (χ2v) is 3.31. The summed E-state index contributed by atoms with van der Waals surface area (Å²) in [6, 6.07) is 6.45. The number of hydrogen-bond acceptors (Lipinski definition) is 4. The Bertz CT molecular complexity index is 486. The van der Waals surface area contributed by atoms with Crippen LogP contribution in [0.15, 0.2) is 35.1 Å². The Labute approximate surface area is 91.7 Å². The smallest absolute Gasteiger partial charge is 0.277 e. The van der Waals surface area contributed by atoms with Crippen LogP contribution >= 0.6 is 0 Å². The third kappa shape index (κ3) is 1.88. The van der Waals surface area contributed by atoms with Gasteiger partial charge in [-0.3, -0.25) is 4.79 Å². The van der Waals surface area contributed by atoms with Crippen molar-refractivity contribution in [3.63, 3.8) is 0 Å². The lowest BCUT2D eigenvalue weighted by molar-refractivity contribution is 0.101. The fraction of sp³-hybridized carbons (Fsp3) is 0.0909. The van der Waals surface area contributed by atoms with Crippen molar-refractivity contribution in [2.75, 3.05) is 5.32 Å². The number of rotatable bonds is 2. The number of aromatic hydroxyl groups is 1. The van der Waals surface area contributed by atoms with Gasteiger partial charge in [-0.05, 0) is 18.6 Å². The van der Waals surface area contributed by atoms with E-state index in [4.69, 9.17) is 0 Å². The average Bonchev–Trinajstić information content (AvgIpc) is 2.76. The molecule has 0 aliphatic rings. The number of anilines is 1. The second-order valence-electron chi connectivity index (χ2n) is 3.31. The summed E-state index contributed by atoms with van der Waals surface area (Å²) < 4.78 is 4.56. The van der Waals surface area contributed by atoms with Crippen molar-refractivity contribution in [2.45, 2.75) is 6.92 Å². The highest BCUT2D eigenvalue weighted by molar-refractivity contribution is 6.03. The summed E-state index contributed by atoms with van der Waals surface area (Å²) in [4.78, 5) is 11.6. The largest absolute Gasteiger partial charge is 0.506 e.